The van der Waals surface area contributed by atoms with Gasteiger partial charge in [0, 0.05) is 24.2 Å². The lowest BCUT2D eigenvalue weighted by molar-refractivity contribution is -0.145. The van der Waals surface area contributed by atoms with Gasteiger partial charge in [0.25, 0.3) is 0 Å². The highest BCUT2D eigenvalue weighted by molar-refractivity contribution is 5.91. The first-order chi connectivity index (χ1) is 18.4. The van der Waals surface area contributed by atoms with Crippen LogP contribution < -0.4 is 4.74 Å². The van der Waals surface area contributed by atoms with E-state index in [9.17, 15) is 9.59 Å². The molecule has 1 atom stereocenters. The van der Waals surface area contributed by atoms with E-state index in [-0.39, 0.29) is 30.4 Å². The van der Waals surface area contributed by atoms with Crippen LogP contribution in [0.4, 0.5) is 0 Å². The van der Waals surface area contributed by atoms with Crippen molar-refractivity contribution in [2.45, 2.75) is 92.9 Å². The quantitative estimate of drug-likeness (QED) is 0.175. The largest absolute Gasteiger partial charge is 0.463 e. The fourth-order valence-electron chi connectivity index (χ4n) is 5.26. The molecule has 0 bridgehead atoms. The number of esters is 2. The van der Waals surface area contributed by atoms with Crippen molar-refractivity contribution in [3.05, 3.63) is 62.2 Å². The van der Waals surface area contributed by atoms with E-state index >= 15 is 0 Å². The van der Waals surface area contributed by atoms with Crippen LogP contribution >= 0.6 is 0 Å². The molecule has 1 aliphatic heterocycles. The van der Waals surface area contributed by atoms with Gasteiger partial charge in [-0.15, -0.1) is 0 Å². The van der Waals surface area contributed by atoms with Crippen LogP contribution in [0.1, 0.15) is 96.5 Å². The Labute approximate surface area is 234 Å². The standard InChI is InChI=1S/C33H46O6/c1-10-13-36-14-15-37-16-17-38-28(34)12-11-25-18-26-30(29-23(5)21(3)20(2)22(4)24(29)6)32(35)39-31(26)27(19-25)33(7,8)9/h18-19,30H,10-17H2,1-9H3. The summed E-state index contributed by atoms with van der Waals surface area (Å²) in [6.07, 6.45) is 1.75. The normalized spacial score (nSPS) is 14.9. The number of carbonyl (C=O) groups is 2. The topological polar surface area (TPSA) is 71.1 Å². The zero-order valence-corrected chi connectivity index (χ0v) is 25.3. The average Bonchev–Trinajstić information content (AvgIpc) is 3.21. The summed E-state index contributed by atoms with van der Waals surface area (Å²) in [5, 5.41) is 0. The molecule has 39 heavy (non-hydrogen) atoms. The van der Waals surface area contributed by atoms with Crippen molar-refractivity contribution in [1.82, 2.24) is 0 Å². The summed E-state index contributed by atoms with van der Waals surface area (Å²) in [7, 11) is 0. The molecule has 3 rings (SSSR count). The third-order valence-corrected chi connectivity index (χ3v) is 7.91. The summed E-state index contributed by atoms with van der Waals surface area (Å²) in [4.78, 5) is 25.9. The van der Waals surface area contributed by atoms with Crippen LogP contribution in [0, 0.1) is 34.6 Å². The highest BCUT2D eigenvalue weighted by atomic mass is 16.6. The second kappa shape index (κ2) is 13.1. The van der Waals surface area contributed by atoms with Gasteiger partial charge in [-0.2, -0.15) is 0 Å². The Morgan fingerprint density at radius 1 is 0.846 bits per heavy atom. The Morgan fingerprint density at radius 2 is 1.41 bits per heavy atom. The van der Waals surface area contributed by atoms with Gasteiger partial charge < -0.3 is 18.9 Å². The molecule has 0 radical (unpaired) electrons. The lowest BCUT2D eigenvalue weighted by Gasteiger charge is -2.24. The van der Waals surface area contributed by atoms with E-state index in [1.807, 2.05) is 0 Å². The third-order valence-electron chi connectivity index (χ3n) is 7.91. The van der Waals surface area contributed by atoms with E-state index in [0.717, 1.165) is 46.4 Å². The van der Waals surface area contributed by atoms with Gasteiger partial charge in [0.2, 0.25) is 0 Å². The van der Waals surface area contributed by atoms with Gasteiger partial charge in [-0.3, -0.25) is 9.59 Å². The molecule has 1 aliphatic rings. The molecule has 1 unspecified atom stereocenters. The number of rotatable bonds is 12. The summed E-state index contributed by atoms with van der Waals surface area (Å²) in [5.41, 5.74) is 9.62. The number of benzene rings is 2. The maximum atomic E-state index is 13.4. The molecule has 2 aromatic rings. The Balaban J connectivity index is 1.80. The first-order valence-corrected chi connectivity index (χ1v) is 14.1. The number of carbonyl (C=O) groups excluding carboxylic acids is 2. The van der Waals surface area contributed by atoms with Gasteiger partial charge in [0.15, 0.2) is 0 Å². The van der Waals surface area contributed by atoms with Crippen molar-refractivity contribution >= 4 is 11.9 Å². The maximum absolute atomic E-state index is 13.4. The predicted octanol–water partition coefficient (Wildman–Crippen LogP) is 6.50. The molecule has 2 aromatic carbocycles. The molecule has 0 saturated heterocycles. The van der Waals surface area contributed by atoms with Crippen molar-refractivity contribution in [2.75, 3.05) is 33.0 Å². The number of hydrogen-bond acceptors (Lipinski definition) is 6. The monoisotopic (exact) mass is 538 g/mol. The summed E-state index contributed by atoms with van der Waals surface area (Å²) in [6.45, 7) is 21.3. The fraction of sp³-hybridized carbons (Fsp3) is 0.576. The number of fused-ring (bicyclic) bond motifs is 1. The van der Waals surface area contributed by atoms with E-state index in [0.29, 0.717) is 32.0 Å². The lowest BCUT2D eigenvalue weighted by atomic mass is 9.78. The molecule has 0 aromatic heterocycles. The molecular formula is C33H46O6. The number of hydrogen-bond donors (Lipinski definition) is 0. The van der Waals surface area contributed by atoms with Gasteiger partial charge in [-0.05, 0) is 91.8 Å². The molecule has 214 valence electrons. The maximum Gasteiger partial charge on any atom is 0.323 e. The minimum Gasteiger partial charge on any atom is -0.463 e. The van der Waals surface area contributed by atoms with Crippen LogP contribution in [-0.4, -0.2) is 45.0 Å². The van der Waals surface area contributed by atoms with Crippen LogP contribution in [0.5, 0.6) is 5.75 Å². The van der Waals surface area contributed by atoms with E-state index in [2.05, 4.69) is 74.4 Å². The molecule has 6 nitrogen and oxygen atoms in total. The van der Waals surface area contributed by atoms with Gasteiger partial charge in [-0.1, -0.05) is 39.8 Å². The molecular weight excluding hydrogens is 492 g/mol. The van der Waals surface area contributed by atoms with Gasteiger partial charge in [-0.25, -0.2) is 0 Å². The smallest absolute Gasteiger partial charge is 0.323 e. The highest BCUT2D eigenvalue weighted by Crippen LogP contribution is 2.48. The first-order valence-electron chi connectivity index (χ1n) is 14.1. The summed E-state index contributed by atoms with van der Waals surface area (Å²) >= 11 is 0. The molecule has 1 heterocycles. The molecule has 0 amide bonds. The van der Waals surface area contributed by atoms with Crippen LogP contribution in [0.25, 0.3) is 0 Å². The Morgan fingerprint density at radius 3 is 2.00 bits per heavy atom. The summed E-state index contributed by atoms with van der Waals surface area (Å²) in [5.74, 6) is -0.317. The molecule has 0 fully saturated rings. The minimum atomic E-state index is -0.482. The minimum absolute atomic E-state index is 0.221. The first kappa shape index (κ1) is 30.8. The van der Waals surface area contributed by atoms with Crippen molar-refractivity contribution < 1.29 is 28.5 Å². The van der Waals surface area contributed by atoms with Crippen molar-refractivity contribution in [3.8, 4) is 5.75 Å². The van der Waals surface area contributed by atoms with Crippen molar-refractivity contribution in [1.29, 1.82) is 0 Å². The predicted molar refractivity (Wildman–Crippen MR) is 154 cm³/mol. The molecule has 6 heteroatoms. The van der Waals surface area contributed by atoms with Gasteiger partial charge in [0.05, 0.1) is 19.8 Å². The third kappa shape index (κ3) is 7.09. The molecule has 0 saturated carbocycles. The fourth-order valence-corrected chi connectivity index (χ4v) is 5.26. The van der Waals surface area contributed by atoms with E-state index in [1.165, 1.54) is 16.7 Å². The second-order valence-corrected chi connectivity index (χ2v) is 11.6. The van der Waals surface area contributed by atoms with E-state index in [1.54, 1.807) is 0 Å². The van der Waals surface area contributed by atoms with Gasteiger partial charge in [0.1, 0.15) is 18.3 Å². The number of aryl methyl sites for hydroxylation is 1. The molecule has 0 spiro atoms. The van der Waals surface area contributed by atoms with Crippen molar-refractivity contribution in [3.63, 3.8) is 0 Å². The average molecular weight is 539 g/mol. The van der Waals surface area contributed by atoms with Crippen molar-refractivity contribution in [2.24, 2.45) is 0 Å². The Bertz CT molecular complexity index is 1170. The molecule has 0 N–H and O–H groups in total. The zero-order valence-electron chi connectivity index (χ0n) is 25.3. The highest BCUT2D eigenvalue weighted by Gasteiger charge is 2.40. The second-order valence-electron chi connectivity index (χ2n) is 11.6. The van der Waals surface area contributed by atoms with Crippen LogP contribution in [0.3, 0.4) is 0 Å². The SMILES string of the molecule is CCCOCCOCCOC(=O)CCc1cc2c(c(C(C)(C)C)c1)OC(=O)C2c1c(C)c(C)c(C)c(C)c1C. The lowest BCUT2D eigenvalue weighted by Crippen LogP contribution is -2.16. The Hall–Kier alpha value is -2.70. The van der Waals surface area contributed by atoms with Crippen LogP contribution in [0.15, 0.2) is 12.1 Å². The van der Waals surface area contributed by atoms with Crippen LogP contribution in [-0.2, 0) is 35.6 Å². The zero-order chi connectivity index (χ0) is 28.9. The summed E-state index contributed by atoms with van der Waals surface area (Å²) in [6, 6.07) is 4.13. The summed E-state index contributed by atoms with van der Waals surface area (Å²) < 4.78 is 22.2. The van der Waals surface area contributed by atoms with Gasteiger partial charge >= 0.3 is 11.9 Å². The Kier molecular flexibility index (Phi) is 10.4. The van der Waals surface area contributed by atoms with E-state index in [4.69, 9.17) is 18.9 Å². The van der Waals surface area contributed by atoms with E-state index < -0.39 is 5.92 Å². The van der Waals surface area contributed by atoms with Crippen LogP contribution in [0.2, 0.25) is 0 Å². The number of ether oxygens (including phenoxy) is 4. The molecule has 0 aliphatic carbocycles.